The smallest absolute Gasteiger partial charge is 0.316 e. The molecule has 3 aliphatic rings. The van der Waals surface area contributed by atoms with Gasteiger partial charge in [0.15, 0.2) is 0 Å². The van der Waals surface area contributed by atoms with Crippen molar-refractivity contribution in [2.75, 3.05) is 11.4 Å². The fourth-order valence-corrected chi connectivity index (χ4v) is 6.23. The van der Waals surface area contributed by atoms with Crippen LogP contribution in [-0.2, 0) is 14.8 Å². The molecule has 0 aliphatic carbocycles. The Morgan fingerprint density at radius 3 is 2.49 bits per heavy atom. The van der Waals surface area contributed by atoms with E-state index in [-0.39, 0.29) is 27.7 Å². The van der Waals surface area contributed by atoms with Crippen LogP contribution >= 0.6 is 11.6 Å². The number of rotatable bonds is 3. The number of carbonyl (C=O) groups excluding carboxylic acids is 3. The zero-order valence-electron chi connectivity index (χ0n) is 18.7. The van der Waals surface area contributed by atoms with Gasteiger partial charge in [0.25, 0.3) is 15.9 Å². The number of piperazine rings is 1. The molecule has 5 amide bonds. The summed E-state index contributed by atoms with van der Waals surface area (Å²) in [5.41, 5.74) is 1.79. The Balaban J connectivity index is 1.39. The average Bonchev–Trinajstić information content (AvgIpc) is 3.47. The van der Waals surface area contributed by atoms with Crippen LogP contribution in [0.4, 0.5) is 15.3 Å². The van der Waals surface area contributed by atoms with Crippen LogP contribution in [0.3, 0.4) is 0 Å². The lowest BCUT2D eigenvalue weighted by Crippen LogP contribution is -2.57. The zero-order chi connectivity index (χ0) is 25.2. The number of urea groups is 2. The highest BCUT2D eigenvalue weighted by Gasteiger charge is 2.63. The highest BCUT2D eigenvalue weighted by atomic mass is 35.5. The van der Waals surface area contributed by atoms with Crippen LogP contribution in [0.5, 0.6) is 0 Å². The van der Waals surface area contributed by atoms with E-state index in [9.17, 15) is 28.1 Å². The van der Waals surface area contributed by atoms with Gasteiger partial charge >= 0.3 is 12.1 Å². The van der Waals surface area contributed by atoms with Gasteiger partial charge in [-0.1, -0.05) is 29.3 Å². The fourth-order valence-electron chi connectivity index (χ4n) is 5.07. The van der Waals surface area contributed by atoms with Gasteiger partial charge in [0.1, 0.15) is 12.1 Å². The molecular formula is C23H20ClN5O5S. The molecule has 12 heteroatoms. The predicted octanol–water partition coefficient (Wildman–Crippen LogP) is 2.52. The van der Waals surface area contributed by atoms with Gasteiger partial charge in [0.2, 0.25) is 0 Å². The van der Waals surface area contributed by atoms with Gasteiger partial charge in [-0.3, -0.25) is 4.79 Å². The molecule has 1 unspecified atom stereocenters. The van der Waals surface area contributed by atoms with E-state index in [0.29, 0.717) is 12.0 Å². The normalized spacial score (nSPS) is 23.0. The number of imide groups is 1. The minimum atomic E-state index is -4.11. The van der Waals surface area contributed by atoms with Crippen molar-refractivity contribution in [2.24, 2.45) is 0 Å². The summed E-state index contributed by atoms with van der Waals surface area (Å²) >= 11 is 6.24. The van der Waals surface area contributed by atoms with E-state index in [1.165, 1.54) is 34.1 Å². The molecule has 0 saturated carbocycles. The van der Waals surface area contributed by atoms with Crippen molar-refractivity contribution < 1.29 is 22.8 Å². The molecule has 2 bridgehead atoms. The van der Waals surface area contributed by atoms with Gasteiger partial charge in [-0.15, -0.1) is 0 Å². The number of halogens is 1. The quantitative estimate of drug-likeness (QED) is 0.627. The number of amides is 5. The molecular weight excluding hydrogens is 494 g/mol. The summed E-state index contributed by atoms with van der Waals surface area (Å²) in [6, 6.07) is 7.60. The van der Waals surface area contributed by atoms with Gasteiger partial charge in [-0.25, -0.2) is 27.6 Å². The molecule has 0 radical (unpaired) electrons. The third-order valence-electron chi connectivity index (χ3n) is 6.80. The summed E-state index contributed by atoms with van der Waals surface area (Å²) in [5, 5.41) is 9.34. The molecule has 2 aromatic carbocycles. The van der Waals surface area contributed by atoms with E-state index in [1.54, 1.807) is 19.1 Å². The summed E-state index contributed by atoms with van der Waals surface area (Å²) in [7, 11) is -4.11. The van der Waals surface area contributed by atoms with Crippen molar-refractivity contribution in [1.29, 1.82) is 5.26 Å². The van der Waals surface area contributed by atoms with Crippen LogP contribution in [-0.4, -0.2) is 60.9 Å². The standard InChI is InChI=1S/C23H20ClN5O5S/c1-12-3-6-16(7-4-12)35(33,34)26-22(31)27-11-15-9-18(27)20-21(30)29(23(32)28(15)20)17-8-5-14(10-25)19(24)13(17)2/h3-8,15,18,20H,9,11H2,1-2H3,(H,26,31)/t15-,18?,20+/m1/s1. The molecule has 0 aromatic heterocycles. The van der Waals surface area contributed by atoms with Crippen molar-refractivity contribution in [2.45, 2.75) is 43.3 Å². The number of benzene rings is 2. The number of carbonyl (C=O) groups is 3. The average molecular weight is 514 g/mol. The lowest BCUT2D eigenvalue weighted by molar-refractivity contribution is -0.120. The van der Waals surface area contributed by atoms with Crippen LogP contribution in [0, 0.1) is 25.2 Å². The number of hydrogen-bond acceptors (Lipinski definition) is 6. The van der Waals surface area contributed by atoms with Gasteiger partial charge in [0.05, 0.1) is 33.3 Å². The molecule has 3 heterocycles. The van der Waals surface area contributed by atoms with Gasteiger partial charge < -0.3 is 9.80 Å². The van der Waals surface area contributed by atoms with Crippen molar-refractivity contribution in [1.82, 2.24) is 14.5 Å². The third-order valence-corrected chi connectivity index (χ3v) is 8.62. The predicted molar refractivity (Wildman–Crippen MR) is 125 cm³/mol. The van der Waals surface area contributed by atoms with Crippen LogP contribution < -0.4 is 9.62 Å². The highest BCUT2D eigenvalue weighted by Crippen LogP contribution is 2.43. The molecule has 3 atom stereocenters. The maximum absolute atomic E-state index is 13.4. The molecule has 3 aliphatic heterocycles. The van der Waals surface area contributed by atoms with Crippen LogP contribution in [0.1, 0.15) is 23.1 Å². The van der Waals surface area contributed by atoms with E-state index in [1.807, 2.05) is 13.0 Å². The summed E-state index contributed by atoms with van der Waals surface area (Å²) in [6.07, 6.45) is 0.376. The molecule has 1 N–H and O–H groups in total. The summed E-state index contributed by atoms with van der Waals surface area (Å²) in [5.74, 6) is -0.523. The molecule has 5 rings (SSSR count). The van der Waals surface area contributed by atoms with E-state index < -0.39 is 46.1 Å². The summed E-state index contributed by atoms with van der Waals surface area (Å²) in [4.78, 5) is 43.3. The number of fused-ring (bicyclic) bond motifs is 5. The number of nitrogens with one attached hydrogen (secondary N) is 1. The Kier molecular flexibility index (Phi) is 5.27. The van der Waals surface area contributed by atoms with Crippen LogP contribution in [0.15, 0.2) is 41.3 Å². The largest absolute Gasteiger partial charge is 0.332 e. The minimum absolute atomic E-state index is 0.0473. The van der Waals surface area contributed by atoms with Gasteiger partial charge in [-0.05, 0) is 50.1 Å². The second-order valence-corrected chi connectivity index (χ2v) is 10.9. The topological polar surface area (TPSA) is 131 Å². The van der Waals surface area contributed by atoms with Crippen LogP contribution in [0.2, 0.25) is 5.02 Å². The molecule has 2 aromatic rings. The highest BCUT2D eigenvalue weighted by molar-refractivity contribution is 7.90. The first-order chi connectivity index (χ1) is 16.5. The minimum Gasteiger partial charge on any atom is -0.316 e. The first kappa shape index (κ1) is 23.1. The molecule has 35 heavy (non-hydrogen) atoms. The Morgan fingerprint density at radius 1 is 1.14 bits per heavy atom. The number of nitrogens with zero attached hydrogens (tertiary/aromatic N) is 4. The summed E-state index contributed by atoms with van der Waals surface area (Å²) in [6.45, 7) is 3.54. The Bertz CT molecular complexity index is 1440. The lowest BCUT2D eigenvalue weighted by Gasteiger charge is -2.34. The SMILES string of the molecule is Cc1ccc(S(=O)(=O)NC(=O)N2C[C@H]3CC2[C@H]2C(=O)N(c4ccc(C#N)c(Cl)c4C)C(=O)N32)cc1. The maximum atomic E-state index is 13.4. The molecule has 0 spiro atoms. The molecule has 10 nitrogen and oxygen atoms in total. The number of aryl methyl sites for hydroxylation is 1. The first-order valence-electron chi connectivity index (χ1n) is 10.8. The zero-order valence-corrected chi connectivity index (χ0v) is 20.3. The van der Waals surface area contributed by atoms with Crippen LogP contribution in [0.25, 0.3) is 0 Å². The fraction of sp³-hybridized carbons (Fsp3) is 0.304. The molecule has 3 saturated heterocycles. The van der Waals surface area contributed by atoms with Crippen molar-refractivity contribution in [3.05, 3.63) is 58.1 Å². The molecule has 3 fully saturated rings. The number of sulfonamides is 1. The Hall–Kier alpha value is -3.62. The first-order valence-corrected chi connectivity index (χ1v) is 12.7. The Labute approximate surface area is 206 Å². The van der Waals surface area contributed by atoms with Gasteiger partial charge in [-0.2, -0.15) is 5.26 Å². The monoisotopic (exact) mass is 513 g/mol. The Morgan fingerprint density at radius 2 is 1.83 bits per heavy atom. The maximum Gasteiger partial charge on any atom is 0.332 e. The van der Waals surface area contributed by atoms with E-state index >= 15 is 0 Å². The van der Waals surface area contributed by atoms with E-state index in [0.717, 1.165) is 10.5 Å². The number of nitriles is 1. The number of likely N-dealkylation sites (tertiary alicyclic amines) is 1. The third kappa shape index (κ3) is 3.44. The van der Waals surface area contributed by atoms with E-state index in [4.69, 9.17) is 11.6 Å². The number of anilines is 1. The van der Waals surface area contributed by atoms with Crippen molar-refractivity contribution in [3.63, 3.8) is 0 Å². The molecule has 180 valence electrons. The summed E-state index contributed by atoms with van der Waals surface area (Å²) < 4.78 is 27.5. The number of hydrogen-bond donors (Lipinski definition) is 1. The van der Waals surface area contributed by atoms with Crippen molar-refractivity contribution in [3.8, 4) is 6.07 Å². The van der Waals surface area contributed by atoms with Gasteiger partial charge in [0, 0.05) is 6.54 Å². The van der Waals surface area contributed by atoms with Crippen molar-refractivity contribution >= 4 is 45.3 Å². The lowest BCUT2D eigenvalue weighted by atomic mass is 10.1. The second kappa shape index (κ2) is 7.96. The second-order valence-electron chi connectivity index (χ2n) is 8.82. The van der Waals surface area contributed by atoms with E-state index in [2.05, 4.69) is 4.72 Å².